The molecule has 1 rings (SSSR count). The minimum atomic E-state index is -0.465. The number of aryl methyl sites for hydroxylation is 1. The predicted octanol–water partition coefficient (Wildman–Crippen LogP) is 1.73. The van der Waals surface area contributed by atoms with Gasteiger partial charge in [0.1, 0.15) is 11.1 Å². The maximum Gasteiger partial charge on any atom is 0.123 e. The van der Waals surface area contributed by atoms with E-state index < -0.39 is 6.10 Å². The van der Waals surface area contributed by atoms with E-state index in [4.69, 9.17) is 0 Å². The van der Waals surface area contributed by atoms with Crippen LogP contribution in [0.5, 0.6) is 0 Å². The summed E-state index contributed by atoms with van der Waals surface area (Å²) in [6.07, 6.45) is -0.465. The summed E-state index contributed by atoms with van der Waals surface area (Å²) in [5.74, 6) is 0.611. The standard InChI is InChI=1S/C10H18N2OS/c1-7(2)4-11-5-9(13)10-12-8(3)6-14-10/h6-7,9,11,13H,4-5H2,1-3H3. The van der Waals surface area contributed by atoms with Crippen LogP contribution in [0.25, 0.3) is 0 Å². The fourth-order valence-electron chi connectivity index (χ4n) is 1.12. The molecule has 1 atom stereocenters. The highest BCUT2D eigenvalue weighted by Crippen LogP contribution is 2.16. The van der Waals surface area contributed by atoms with Gasteiger partial charge in [0.05, 0.1) is 0 Å². The average Bonchev–Trinajstić information content (AvgIpc) is 2.51. The molecule has 4 heteroatoms. The lowest BCUT2D eigenvalue weighted by Gasteiger charge is -2.10. The van der Waals surface area contributed by atoms with Gasteiger partial charge in [0.25, 0.3) is 0 Å². The topological polar surface area (TPSA) is 45.1 Å². The molecule has 2 N–H and O–H groups in total. The smallest absolute Gasteiger partial charge is 0.123 e. The van der Waals surface area contributed by atoms with Gasteiger partial charge in [0.2, 0.25) is 0 Å². The van der Waals surface area contributed by atoms with E-state index in [1.165, 1.54) is 11.3 Å². The van der Waals surface area contributed by atoms with Gasteiger partial charge in [-0.1, -0.05) is 13.8 Å². The molecule has 0 spiro atoms. The Bertz CT molecular complexity index is 273. The Balaban J connectivity index is 2.32. The zero-order valence-electron chi connectivity index (χ0n) is 8.95. The van der Waals surface area contributed by atoms with Gasteiger partial charge in [-0.3, -0.25) is 0 Å². The van der Waals surface area contributed by atoms with Gasteiger partial charge in [-0.05, 0) is 19.4 Å². The highest BCUT2D eigenvalue weighted by molar-refractivity contribution is 7.09. The number of aliphatic hydroxyl groups is 1. The first-order valence-electron chi connectivity index (χ1n) is 4.90. The minimum absolute atomic E-state index is 0.465. The van der Waals surface area contributed by atoms with Gasteiger partial charge in [-0.25, -0.2) is 4.98 Å². The van der Waals surface area contributed by atoms with Gasteiger partial charge in [-0.15, -0.1) is 11.3 Å². The number of nitrogens with zero attached hydrogens (tertiary/aromatic N) is 1. The Morgan fingerprint density at radius 2 is 2.21 bits per heavy atom. The fraction of sp³-hybridized carbons (Fsp3) is 0.700. The normalized spacial score (nSPS) is 13.5. The monoisotopic (exact) mass is 214 g/mol. The van der Waals surface area contributed by atoms with Crippen molar-refractivity contribution in [3.8, 4) is 0 Å². The molecule has 0 fully saturated rings. The highest BCUT2D eigenvalue weighted by atomic mass is 32.1. The number of hydrogen-bond acceptors (Lipinski definition) is 4. The van der Waals surface area contributed by atoms with E-state index >= 15 is 0 Å². The van der Waals surface area contributed by atoms with Crippen LogP contribution >= 0.6 is 11.3 Å². The first kappa shape index (κ1) is 11.6. The zero-order valence-corrected chi connectivity index (χ0v) is 9.77. The minimum Gasteiger partial charge on any atom is -0.385 e. The van der Waals surface area contributed by atoms with Crippen molar-refractivity contribution in [2.24, 2.45) is 5.92 Å². The Morgan fingerprint density at radius 1 is 1.50 bits per heavy atom. The van der Waals surface area contributed by atoms with Gasteiger partial charge in [0.15, 0.2) is 0 Å². The molecule has 0 aliphatic carbocycles. The Labute approximate surface area is 89.2 Å². The van der Waals surface area contributed by atoms with Crippen molar-refractivity contribution in [3.63, 3.8) is 0 Å². The number of thiazole rings is 1. The lowest BCUT2D eigenvalue weighted by Crippen LogP contribution is -2.25. The second-order valence-electron chi connectivity index (χ2n) is 3.90. The second kappa shape index (κ2) is 5.44. The molecular weight excluding hydrogens is 196 g/mol. The van der Waals surface area contributed by atoms with Gasteiger partial charge < -0.3 is 10.4 Å². The summed E-state index contributed by atoms with van der Waals surface area (Å²) in [7, 11) is 0. The third-order valence-electron chi connectivity index (χ3n) is 1.81. The largest absolute Gasteiger partial charge is 0.385 e. The summed E-state index contributed by atoms with van der Waals surface area (Å²) in [4.78, 5) is 4.24. The second-order valence-corrected chi connectivity index (χ2v) is 4.78. The number of rotatable bonds is 5. The third kappa shape index (κ3) is 3.74. The van der Waals surface area contributed by atoms with E-state index in [1.807, 2.05) is 12.3 Å². The fourth-order valence-corrected chi connectivity index (χ4v) is 1.90. The lowest BCUT2D eigenvalue weighted by atomic mass is 10.2. The van der Waals surface area contributed by atoms with Crippen LogP contribution in [0.15, 0.2) is 5.38 Å². The molecule has 0 bridgehead atoms. The van der Waals surface area contributed by atoms with Crippen molar-refractivity contribution in [3.05, 3.63) is 16.1 Å². The lowest BCUT2D eigenvalue weighted by molar-refractivity contribution is 0.173. The van der Waals surface area contributed by atoms with Gasteiger partial charge in [-0.2, -0.15) is 0 Å². The van der Waals surface area contributed by atoms with Crippen molar-refractivity contribution in [2.75, 3.05) is 13.1 Å². The Morgan fingerprint density at radius 3 is 2.71 bits per heavy atom. The molecular formula is C10H18N2OS. The van der Waals surface area contributed by atoms with Crippen LogP contribution in [0.3, 0.4) is 0 Å². The molecule has 0 aromatic carbocycles. The van der Waals surface area contributed by atoms with E-state index in [9.17, 15) is 5.11 Å². The average molecular weight is 214 g/mol. The van der Waals surface area contributed by atoms with E-state index in [2.05, 4.69) is 24.1 Å². The van der Waals surface area contributed by atoms with Crippen molar-refractivity contribution in [1.29, 1.82) is 0 Å². The molecule has 0 amide bonds. The van der Waals surface area contributed by atoms with E-state index in [-0.39, 0.29) is 0 Å². The number of aromatic nitrogens is 1. The first-order chi connectivity index (χ1) is 6.59. The molecule has 1 heterocycles. The summed E-state index contributed by atoms with van der Waals surface area (Å²) in [5.41, 5.74) is 0.980. The third-order valence-corrected chi connectivity index (χ3v) is 2.88. The van der Waals surface area contributed by atoms with Crippen molar-refractivity contribution in [1.82, 2.24) is 10.3 Å². The van der Waals surface area contributed by atoms with E-state index in [1.54, 1.807) is 0 Å². The quantitative estimate of drug-likeness (QED) is 0.784. The molecule has 80 valence electrons. The summed E-state index contributed by atoms with van der Waals surface area (Å²) >= 11 is 1.52. The zero-order chi connectivity index (χ0) is 10.6. The number of hydrogen-bond donors (Lipinski definition) is 2. The maximum atomic E-state index is 9.73. The van der Waals surface area contributed by atoms with Crippen molar-refractivity contribution >= 4 is 11.3 Å². The summed E-state index contributed by atoms with van der Waals surface area (Å²) in [5, 5.41) is 15.7. The molecule has 3 nitrogen and oxygen atoms in total. The summed E-state index contributed by atoms with van der Waals surface area (Å²) < 4.78 is 0. The number of nitrogens with one attached hydrogen (secondary N) is 1. The molecule has 14 heavy (non-hydrogen) atoms. The first-order valence-corrected chi connectivity index (χ1v) is 5.78. The van der Waals surface area contributed by atoms with Crippen LogP contribution in [0.2, 0.25) is 0 Å². The summed E-state index contributed by atoms with van der Waals surface area (Å²) in [6, 6.07) is 0. The molecule has 0 saturated heterocycles. The molecule has 1 aromatic rings. The molecule has 0 aliphatic heterocycles. The van der Waals surface area contributed by atoms with Crippen LogP contribution in [0, 0.1) is 12.8 Å². The molecule has 1 unspecified atom stereocenters. The van der Waals surface area contributed by atoms with E-state index in [0.29, 0.717) is 12.5 Å². The Hall–Kier alpha value is -0.450. The van der Waals surface area contributed by atoms with Crippen LogP contribution in [-0.4, -0.2) is 23.2 Å². The summed E-state index contributed by atoms with van der Waals surface area (Å²) in [6.45, 7) is 7.75. The molecule has 0 radical (unpaired) electrons. The van der Waals surface area contributed by atoms with Crippen LogP contribution < -0.4 is 5.32 Å². The Kier molecular flexibility index (Phi) is 4.51. The molecule has 0 aliphatic rings. The highest BCUT2D eigenvalue weighted by Gasteiger charge is 2.10. The van der Waals surface area contributed by atoms with E-state index in [0.717, 1.165) is 17.2 Å². The molecule has 0 saturated carbocycles. The van der Waals surface area contributed by atoms with Crippen molar-refractivity contribution in [2.45, 2.75) is 26.9 Å². The van der Waals surface area contributed by atoms with Crippen LogP contribution in [0.1, 0.15) is 30.7 Å². The van der Waals surface area contributed by atoms with Crippen LogP contribution in [-0.2, 0) is 0 Å². The SMILES string of the molecule is Cc1csc(C(O)CNCC(C)C)n1. The number of aliphatic hydroxyl groups excluding tert-OH is 1. The van der Waals surface area contributed by atoms with Crippen molar-refractivity contribution < 1.29 is 5.11 Å². The predicted molar refractivity (Wildman–Crippen MR) is 59.5 cm³/mol. The van der Waals surface area contributed by atoms with Gasteiger partial charge in [0, 0.05) is 17.6 Å². The molecule has 1 aromatic heterocycles. The van der Waals surface area contributed by atoms with Gasteiger partial charge >= 0.3 is 0 Å². The maximum absolute atomic E-state index is 9.73. The van der Waals surface area contributed by atoms with Crippen LogP contribution in [0.4, 0.5) is 0 Å².